The van der Waals surface area contributed by atoms with Crippen LogP contribution < -0.4 is 5.32 Å². The number of hydrogen-bond acceptors (Lipinski definition) is 4. The predicted octanol–water partition coefficient (Wildman–Crippen LogP) is 2.33. The molecule has 8 heteroatoms. The predicted molar refractivity (Wildman–Crippen MR) is 71.0 cm³/mol. The molecule has 1 amide bonds. The Labute approximate surface area is 120 Å². The van der Waals surface area contributed by atoms with E-state index in [9.17, 15) is 14.0 Å². The second kappa shape index (κ2) is 5.74. The van der Waals surface area contributed by atoms with Gasteiger partial charge in [0, 0.05) is 16.9 Å². The molecule has 0 atom stereocenters. The number of nitrogens with one attached hydrogen (secondary N) is 1. The van der Waals surface area contributed by atoms with E-state index in [0.29, 0.717) is 4.47 Å². The Bertz CT molecular complexity index is 693. The van der Waals surface area contributed by atoms with Crippen molar-refractivity contribution in [3.05, 3.63) is 52.1 Å². The fourth-order valence-corrected chi connectivity index (χ4v) is 1.77. The number of carbonyl (C=O) groups is 2. The summed E-state index contributed by atoms with van der Waals surface area (Å²) in [7, 11) is 0. The minimum Gasteiger partial charge on any atom is -0.476 e. The van der Waals surface area contributed by atoms with Crippen LogP contribution in [0.3, 0.4) is 0 Å². The molecule has 2 aromatic rings. The van der Waals surface area contributed by atoms with Crippen LogP contribution in [0.1, 0.15) is 20.8 Å². The number of hydrogen-bond donors (Lipinski definition) is 2. The van der Waals surface area contributed by atoms with Crippen molar-refractivity contribution in [1.29, 1.82) is 0 Å². The zero-order valence-electron chi connectivity index (χ0n) is 9.80. The molecule has 6 nitrogen and oxygen atoms in total. The number of benzene rings is 1. The van der Waals surface area contributed by atoms with Gasteiger partial charge in [-0.2, -0.15) is 0 Å². The van der Waals surface area contributed by atoms with E-state index < -0.39 is 23.4 Å². The maximum absolute atomic E-state index is 13.6. The quantitative estimate of drug-likeness (QED) is 0.895. The first kappa shape index (κ1) is 14.1. The number of aromatic carboxylic acids is 1. The third-order valence-electron chi connectivity index (χ3n) is 2.31. The van der Waals surface area contributed by atoms with E-state index in [4.69, 9.17) is 5.11 Å². The molecule has 0 fully saturated rings. The molecule has 0 aliphatic carbocycles. The molecule has 102 valence electrons. The SMILES string of the molecule is O=C(Nc1nccnc1C(=O)O)c1ccc(Br)cc1F. The fraction of sp³-hybridized carbons (Fsp3) is 0. The summed E-state index contributed by atoms with van der Waals surface area (Å²) in [6.45, 7) is 0. The highest BCUT2D eigenvalue weighted by molar-refractivity contribution is 9.10. The second-order valence-electron chi connectivity index (χ2n) is 3.64. The lowest BCUT2D eigenvalue weighted by molar-refractivity contribution is 0.0691. The lowest BCUT2D eigenvalue weighted by Crippen LogP contribution is -2.18. The summed E-state index contributed by atoms with van der Waals surface area (Å²) in [5, 5.41) is 11.1. The summed E-state index contributed by atoms with van der Waals surface area (Å²) in [5.74, 6) is -3.13. The highest BCUT2D eigenvalue weighted by atomic mass is 79.9. The zero-order chi connectivity index (χ0) is 14.7. The Morgan fingerprint density at radius 2 is 1.95 bits per heavy atom. The fourth-order valence-electron chi connectivity index (χ4n) is 1.43. The number of amides is 1. The zero-order valence-corrected chi connectivity index (χ0v) is 11.4. The van der Waals surface area contributed by atoms with Gasteiger partial charge in [-0.15, -0.1) is 0 Å². The van der Waals surface area contributed by atoms with Gasteiger partial charge in [-0.1, -0.05) is 15.9 Å². The summed E-state index contributed by atoms with van der Waals surface area (Å²) in [4.78, 5) is 30.1. The topological polar surface area (TPSA) is 92.2 Å². The molecule has 1 heterocycles. The molecule has 0 spiro atoms. The highest BCUT2D eigenvalue weighted by Gasteiger charge is 2.18. The molecule has 0 unspecified atom stereocenters. The van der Waals surface area contributed by atoms with E-state index in [1.165, 1.54) is 24.5 Å². The number of rotatable bonds is 3. The number of anilines is 1. The minimum atomic E-state index is -1.34. The Morgan fingerprint density at radius 3 is 2.60 bits per heavy atom. The van der Waals surface area contributed by atoms with Crippen LogP contribution in [0, 0.1) is 5.82 Å². The lowest BCUT2D eigenvalue weighted by atomic mass is 10.2. The number of carboxylic acids is 1. The number of aromatic nitrogens is 2. The van der Waals surface area contributed by atoms with Crippen LogP contribution in [-0.4, -0.2) is 27.0 Å². The van der Waals surface area contributed by atoms with Gasteiger partial charge in [0.1, 0.15) is 5.82 Å². The van der Waals surface area contributed by atoms with Gasteiger partial charge in [0.25, 0.3) is 5.91 Å². The Kier molecular flexibility index (Phi) is 4.04. The van der Waals surface area contributed by atoms with Gasteiger partial charge in [0.2, 0.25) is 0 Å². The van der Waals surface area contributed by atoms with Gasteiger partial charge < -0.3 is 10.4 Å². The number of halogens is 2. The summed E-state index contributed by atoms with van der Waals surface area (Å²) < 4.78 is 14.1. The van der Waals surface area contributed by atoms with Crippen LogP contribution in [0.25, 0.3) is 0 Å². The van der Waals surface area contributed by atoms with Gasteiger partial charge in [0.15, 0.2) is 11.5 Å². The Morgan fingerprint density at radius 1 is 1.25 bits per heavy atom. The highest BCUT2D eigenvalue weighted by Crippen LogP contribution is 2.17. The summed E-state index contributed by atoms with van der Waals surface area (Å²) in [6, 6.07) is 3.89. The number of carboxylic acid groups (broad SMARTS) is 1. The first-order valence-electron chi connectivity index (χ1n) is 5.29. The van der Waals surface area contributed by atoms with E-state index >= 15 is 0 Å². The first-order valence-corrected chi connectivity index (χ1v) is 6.09. The molecule has 0 aliphatic rings. The van der Waals surface area contributed by atoms with E-state index in [1.54, 1.807) is 0 Å². The van der Waals surface area contributed by atoms with Crippen LogP contribution in [0.2, 0.25) is 0 Å². The molecular weight excluding hydrogens is 333 g/mol. The van der Waals surface area contributed by atoms with E-state index in [-0.39, 0.29) is 11.4 Å². The van der Waals surface area contributed by atoms with Crippen molar-refractivity contribution in [1.82, 2.24) is 9.97 Å². The van der Waals surface area contributed by atoms with E-state index in [0.717, 1.165) is 6.07 Å². The largest absolute Gasteiger partial charge is 0.476 e. The van der Waals surface area contributed by atoms with Crippen molar-refractivity contribution in [2.75, 3.05) is 5.32 Å². The van der Waals surface area contributed by atoms with Gasteiger partial charge in [-0.3, -0.25) is 4.79 Å². The Balaban J connectivity index is 2.30. The summed E-state index contributed by atoms with van der Waals surface area (Å²) in [5.41, 5.74) is -0.645. The average molecular weight is 340 g/mol. The minimum absolute atomic E-state index is 0.227. The van der Waals surface area contributed by atoms with Crippen LogP contribution in [0.4, 0.5) is 10.2 Å². The standard InChI is InChI=1S/C12H7BrFN3O3/c13-6-1-2-7(8(14)5-6)11(18)17-10-9(12(19)20)15-3-4-16-10/h1-5H,(H,19,20)(H,16,17,18). The monoisotopic (exact) mass is 339 g/mol. The smallest absolute Gasteiger partial charge is 0.358 e. The van der Waals surface area contributed by atoms with Crippen molar-refractivity contribution >= 4 is 33.6 Å². The third-order valence-corrected chi connectivity index (χ3v) is 2.80. The van der Waals surface area contributed by atoms with Crippen molar-refractivity contribution in [3.8, 4) is 0 Å². The van der Waals surface area contributed by atoms with Gasteiger partial charge in [0.05, 0.1) is 5.56 Å². The molecule has 1 aromatic heterocycles. The summed E-state index contributed by atoms with van der Waals surface area (Å²) in [6.07, 6.45) is 2.40. The van der Waals surface area contributed by atoms with Gasteiger partial charge in [-0.25, -0.2) is 19.2 Å². The number of carbonyl (C=O) groups excluding carboxylic acids is 1. The molecule has 20 heavy (non-hydrogen) atoms. The average Bonchev–Trinajstić information content (AvgIpc) is 2.38. The van der Waals surface area contributed by atoms with Crippen LogP contribution in [-0.2, 0) is 0 Å². The molecule has 0 saturated carbocycles. The molecule has 0 saturated heterocycles. The maximum Gasteiger partial charge on any atom is 0.358 e. The third kappa shape index (κ3) is 2.97. The van der Waals surface area contributed by atoms with Gasteiger partial charge >= 0.3 is 5.97 Å². The molecule has 1 aromatic carbocycles. The van der Waals surface area contributed by atoms with Crippen LogP contribution in [0.5, 0.6) is 0 Å². The number of nitrogens with zero attached hydrogens (tertiary/aromatic N) is 2. The molecule has 0 radical (unpaired) electrons. The molecule has 0 bridgehead atoms. The normalized spacial score (nSPS) is 10.1. The molecular formula is C12H7BrFN3O3. The van der Waals surface area contributed by atoms with Crippen LogP contribution >= 0.6 is 15.9 Å². The van der Waals surface area contributed by atoms with Crippen molar-refractivity contribution in [2.45, 2.75) is 0 Å². The van der Waals surface area contributed by atoms with Crippen molar-refractivity contribution in [3.63, 3.8) is 0 Å². The lowest BCUT2D eigenvalue weighted by Gasteiger charge is -2.07. The van der Waals surface area contributed by atoms with E-state index in [2.05, 4.69) is 31.2 Å². The van der Waals surface area contributed by atoms with E-state index in [1.807, 2.05) is 0 Å². The Hall–Kier alpha value is -2.35. The van der Waals surface area contributed by atoms with Crippen molar-refractivity contribution < 1.29 is 19.1 Å². The van der Waals surface area contributed by atoms with Gasteiger partial charge in [-0.05, 0) is 18.2 Å². The second-order valence-corrected chi connectivity index (χ2v) is 4.55. The van der Waals surface area contributed by atoms with Crippen molar-refractivity contribution in [2.24, 2.45) is 0 Å². The maximum atomic E-state index is 13.6. The summed E-state index contributed by atoms with van der Waals surface area (Å²) >= 11 is 3.07. The molecule has 2 rings (SSSR count). The first-order chi connectivity index (χ1) is 9.49. The van der Waals surface area contributed by atoms with Crippen LogP contribution in [0.15, 0.2) is 35.1 Å². The molecule has 0 aliphatic heterocycles. The molecule has 2 N–H and O–H groups in total.